The van der Waals surface area contributed by atoms with Crippen molar-refractivity contribution in [2.75, 3.05) is 5.88 Å². The summed E-state index contributed by atoms with van der Waals surface area (Å²) in [6.45, 7) is 0. The molecule has 0 unspecified atom stereocenters. The van der Waals surface area contributed by atoms with Crippen LogP contribution in [0.1, 0.15) is 20.7 Å². The van der Waals surface area contributed by atoms with Crippen LogP contribution in [-0.2, 0) is 0 Å². The average Bonchev–Trinajstić information content (AvgIpc) is 2.78. The Bertz CT molecular complexity index is 661. The van der Waals surface area contributed by atoms with Gasteiger partial charge in [-0.25, -0.2) is 0 Å². The van der Waals surface area contributed by atoms with E-state index in [1.807, 2.05) is 0 Å². The number of carbonyl (C=O) groups is 2. The summed E-state index contributed by atoms with van der Waals surface area (Å²) in [5, 5.41) is 0.0540. The third kappa shape index (κ3) is 2.49. The molecule has 7 heteroatoms. The van der Waals surface area contributed by atoms with Gasteiger partial charge in [-0.15, -0.1) is 11.6 Å². The quantitative estimate of drug-likeness (QED) is 0.696. The van der Waals surface area contributed by atoms with E-state index in [2.05, 4.69) is 4.98 Å². The van der Waals surface area contributed by atoms with Crippen LogP contribution >= 0.6 is 11.6 Å². The third-order valence-corrected chi connectivity index (χ3v) is 2.87. The number of aromatic amines is 1. The number of aromatic nitrogens is 1. The van der Waals surface area contributed by atoms with Crippen LogP contribution in [0.3, 0.4) is 0 Å². The molecule has 0 aliphatic carbocycles. The summed E-state index contributed by atoms with van der Waals surface area (Å²) >= 11 is 5.38. The minimum Gasteiger partial charge on any atom is -0.360 e. The molecule has 2 rings (SSSR count). The van der Waals surface area contributed by atoms with E-state index in [4.69, 9.17) is 11.6 Å². The average molecular weight is 290 g/mol. The summed E-state index contributed by atoms with van der Waals surface area (Å²) in [7, 11) is 0. The number of rotatable bonds is 3. The van der Waals surface area contributed by atoms with Gasteiger partial charge in [0.1, 0.15) is 0 Å². The highest BCUT2D eigenvalue weighted by atomic mass is 35.5. The van der Waals surface area contributed by atoms with E-state index in [9.17, 15) is 22.8 Å². The fourth-order valence-corrected chi connectivity index (χ4v) is 1.87. The SMILES string of the molecule is O=C(CCl)c1ccc2[nH]cc(C(=O)C(F)(F)F)c2c1. The van der Waals surface area contributed by atoms with Gasteiger partial charge in [-0.2, -0.15) is 13.2 Å². The molecule has 100 valence electrons. The molecule has 1 aromatic carbocycles. The Morgan fingerprint density at radius 2 is 1.95 bits per heavy atom. The molecule has 0 bridgehead atoms. The fourth-order valence-electron chi connectivity index (χ4n) is 1.71. The van der Waals surface area contributed by atoms with Crippen molar-refractivity contribution < 1.29 is 22.8 Å². The Morgan fingerprint density at radius 3 is 2.53 bits per heavy atom. The first-order chi connectivity index (χ1) is 8.84. The summed E-state index contributed by atoms with van der Waals surface area (Å²) in [6.07, 6.45) is -3.98. The predicted molar refractivity (Wildman–Crippen MR) is 63.7 cm³/mol. The maximum atomic E-state index is 12.4. The number of hydrogen-bond acceptors (Lipinski definition) is 2. The zero-order chi connectivity index (χ0) is 14.2. The van der Waals surface area contributed by atoms with E-state index < -0.39 is 23.3 Å². The molecule has 0 aliphatic heterocycles. The third-order valence-electron chi connectivity index (χ3n) is 2.63. The van der Waals surface area contributed by atoms with Crippen molar-refractivity contribution in [3.05, 3.63) is 35.5 Å². The highest BCUT2D eigenvalue weighted by Gasteiger charge is 2.40. The lowest BCUT2D eigenvalue weighted by Gasteiger charge is -2.04. The van der Waals surface area contributed by atoms with Gasteiger partial charge in [0.15, 0.2) is 5.78 Å². The standard InChI is InChI=1S/C12H7ClF3NO2/c13-4-10(18)6-1-2-9-7(3-6)8(5-17-9)11(19)12(14,15)16/h1-3,5,17H,4H2. The molecule has 2 aromatic rings. The lowest BCUT2D eigenvalue weighted by molar-refractivity contribution is -0.0884. The molecular formula is C12H7ClF3NO2. The number of nitrogens with one attached hydrogen (secondary N) is 1. The number of carbonyl (C=O) groups excluding carboxylic acids is 2. The Morgan fingerprint density at radius 1 is 1.26 bits per heavy atom. The molecule has 0 radical (unpaired) electrons. The Kier molecular flexibility index (Phi) is 3.36. The number of H-pyrrole nitrogens is 1. The van der Waals surface area contributed by atoms with Crippen LogP contribution in [-0.4, -0.2) is 28.6 Å². The van der Waals surface area contributed by atoms with E-state index in [0.717, 1.165) is 6.20 Å². The lowest BCUT2D eigenvalue weighted by atomic mass is 10.0. The molecule has 3 nitrogen and oxygen atoms in total. The van der Waals surface area contributed by atoms with Gasteiger partial charge in [0, 0.05) is 22.7 Å². The van der Waals surface area contributed by atoms with Crippen molar-refractivity contribution in [2.45, 2.75) is 6.18 Å². The highest BCUT2D eigenvalue weighted by Crippen LogP contribution is 2.27. The minimum absolute atomic E-state index is 0.0540. The van der Waals surface area contributed by atoms with E-state index >= 15 is 0 Å². The Labute approximate surface area is 110 Å². The van der Waals surface area contributed by atoms with Crippen molar-refractivity contribution in [3.8, 4) is 0 Å². The summed E-state index contributed by atoms with van der Waals surface area (Å²) in [5.41, 5.74) is 0.00349. The van der Waals surface area contributed by atoms with Crippen LogP contribution in [0.4, 0.5) is 13.2 Å². The molecule has 0 saturated heterocycles. The monoisotopic (exact) mass is 289 g/mol. The van der Waals surface area contributed by atoms with Gasteiger partial charge in [0.2, 0.25) is 0 Å². The van der Waals surface area contributed by atoms with Crippen LogP contribution in [0, 0.1) is 0 Å². The summed E-state index contributed by atoms with van der Waals surface area (Å²) in [5.74, 6) is -2.65. The number of hydrogen-bond donors (Lipinski definition) is 1. The second kappa shape index (κ2) is 4.70. The smallest absolute Gasteiger partial charge is 0.360 e. The topological polar surface area (TPSA) is 49.9 Å². The maximum Gasteiger partial charge on any atom is 0.454 e. The summed E-state index contributed by atoms with van der Waals surface area (Å²) in [4.78, 5) is 25.2. The fraction of sp³-hybridized carbons (Fsp3) is 0.167. The lowest BCUT2D eigenvalue weighted by Crippen LogP contribution is -2.22. The zero-order valence-electron chi connectivity index (χ0n) is 9.34. The number of halogens is 4. The van der Waals surface area contributed by atoms with Crippen LogP contribution in [0.5, 0.6) is 0 Å². The summed E-state index contributed by atoms with van der Waals surface area (Å²) in [6, 6.07) is 4.10. The van der Waals surface area contributed by atoms with Crippen molar-refractivity contribution in [3.63, 3.8) is 0 Å². The van der Waals surface area contributed by atoms with Crippen LogP contribution < -0.4 is 0 Å². The minimum atomic E-state index is -4.96. The van der Waals surface area contributed by atoms with Crippen LogP contribution in [0.25, 0.3) is 10.9 Å². The van der Waals surface area contributed by atoms with Crippen molar-refractivity contribution in [1.29, 1.82) is 0 Å². The molecule has 1 N–H and O–H groups in total. The molecule has 0 fully saturated rings. The molecule has 0 saturated carbocycles. The maximum absolute atomic E-state index is 12.4. The van der Waals surface area contributed by atoms with Gasteiger partial charge < -0.3 is 4.98 Å². The van der Waals surface area contributed by atoms with Crippen molar-refractivity contribution >= 4 is 34.1 Å². The first-order valence-corrected chi connectivity index (χ1v) is 5.70. The number of benzene rings is 1. The largest absolute Gasteiger partial charge is 0.454 e. The molecule has 1 aromatic heterocycles. The second-order valence-corrected chi connectivity index (χ2v) is 4.11. The van der Waals surface area contributed by atoms with Gasteiger partial charge in [-0.05, 0) is 18.2 Å². The van der Waals surface area contributed by atoms with Gasteiger partial charge in [0.25, 0.3) is 5.78 Å². The van der Waals surface area contributed by atoms with Crippen molar-refractivity contribution in [1.82, 2.24) is 4.98 Å². The van der Waals surface area contributed by atoms with E-state index in [0.29, 0.717) is 5.52 Å². The molecule has 0 spiro atoms. The predicted octanol–water partition coefficient (Wildman–Crippen LogP) is 3.33. The van der Waals surface area contributed by atoms with Gasteiger partial charge in [-0.1, -0.05) is 0 Å². The van der Waals surface area contributed by atoms with Crippen LogP contribution in [0.2, 0.25) is 0 Å². The van der Waals surface area contributed by atoms with Gasteiger partial charge in [0.05, 0.1) is 11.4 Å². The Balaban J connectivity index is 2.58. The normalized spacial score (nSPS) is 11.8. The van der Waals surface area contributed by atoms with E-state index in [-0.39, 0.29) is 16.8 Å². The van der Waals surface area contributed by atoms with E-state index in [1.54, 1.807) is 0 Å². The number of fused-ring (bicyclic) bond motifs is 1. The second-order valence-electron chi connectivity index (χ2n) is 3.85. The first kappa shape index (κ1) is 13.6. The highest BCUT2D eigenvalue weighted by molar-refractivity contribution is 6.30. The zero-order valence-corrected chi connectivity index (χ0v) is 10.1. The molecular weight excluding hydrogens is 283 g/mol. The van der Waals surface area contributed by atoms with Gasteiger partial charge >= 0.3 is 6.18 Å². The number of alkyl halides is 4. The van der Waals surface area contributed by atoms with Gasteiger partial charge in [-0.3, -0.25) is 9.59 Å². The number of ketones is 2. The molecule has 19 heavy (non-hydrogen) atoms. The summed E-state index contributed by atoms with van der Waals surface area (Å²) < 4.78 is 37.2. The van der Waals surface area contributed by atoms with E-state index in [1.165, 1.54) is 18.2 Å². The van der Waals surface area contributed by atoms with Crippen molar-refractivity contribution in [2.24, 2.45) is 0 Å². The molecule has 0 atom stereocenters. The van der Waals surface area contributed by atoms with Crippen LogP contribution in [0.15, 0.2) is 24.4 Å². The number of Topliss-reactive ketones (excluding diaryl/α,β-unsaturated/α-hetero) is 2. The molecule has 1 heterocycles. The molecule has 0 aliphatic rings. The Hall–Kier alpha value is -1.82. The first-order valence-electron chi connectivity index (χ1n) is 5.16. The molecule has 0 amide bonds.